The predicted octanol–water partition coefficient (Wildman–Crippen LogP) is 2.19. The lowest BCUT2D eigenvalue weighted by Gasteiger charge is -2.36. The smallest absolute Gasteiger partial charge is 0.256 e. The summed E-state index contributed by atoms with van der Waals surface area (Å²) in [6.45, 7) is 2.56. The Kier molecular flexibility index (Phi) is 4.41. The van der Waals surface area contributed by atoms with Crippen LogP contribution >= 0.6 is 0 Å². The highest BCUT2D eigenvalue weighted by Crippen LogP contribution is 2.20. The van der Waals surface area contributed by atoms with Gasteiger partial charge in [-0.3, -0.25) is 9.78 Å². The summed E-state index contributed by atoms with van der Waals surface area (Å²) in [5, 5.41) is 0. The van der Waals surface area contributed by atoms with Crippen molar-refractivity contribution < 1.29 is 13.9 Å². The van der Waals surface area contributed by atoms with Crippen LogP contribution < -0.4 is 9.64 Å². The molecule has 0 spiro atoms. The molecule has 23 heavy (non-hydrogen) atoms. The van der Waals surface area contributed by atoms with Gasteiger partial charge >= 0.3 is 0 Å². The average Bonchev–Trinajstić information content (AvgIpc) is 2.62. The van der Waals surface area contributed by atoms with Gasteiger partial charge in [0.05, 0.1) is 12.7 Å². The number of nitrogens with zero attached hydrogens (tertiary/aromatic N) is 3. The van der Waals surface area contributed by atoms with Crippen LogP contribution in [0.4, 0.5) is 10.1 Å². The van der Waals surface area contributed by atoms with Crippen LogP contribution in [-0.2, 0) is 0 Å². The number of benzene rings is 1. The highest BCUT2D eigenvalue weighted by molar-refractivity contribution is 5.94. The molecular weight excluding hydrogens is 297 g/mol. The van der Waals surface area contributed by atoms with Crippen LogP contribution in [0.2, 0.25) is 0 Å². The molecule has 2 heterocycles. The molecule has 0 atom stereocenters. The molecule has 0 bridgehead atoms. The topological polar surface area (TPSA) is 45.7 Å². The van der Waals surface area contributed by atoms with E-state index in [1.807, 2.05) is 12.1 Å². The monoisotopic (exact) mass is 315 g/mol. The first kappa shape index (κ1) is 15.3. The van der Waals surface area contributed by atoms with Crippen molar-refractivity contribution in [2.24, 2.45) is 0 Å². The quantitative estimate of drug-likeness (QED) is 0.871. The fourth-order valence-corrected chi connectivity index (χ4v) is 2.69. The van der Waals surface area contributed by atoms with Gasteiger partial charge in [0.25, 0.3) is 5.91 Å². The normalized spacial score (nSPS) is 14.7. The first-order valence-corrected chi connectivity index (χ1v) is 7.47. The van der Waals surface area contributed by atoms with Crippen molar-refractivity contribution in [2.45, 2.75) is 0 Å². The third-order valence-corrected chi connectivity index (χ3v) is 4.00. The van der Waals surface area contributed by atoms with Gasteiger partial charge in [-0.25, -0.2) is 4.39 Å². The van der Waals surface area contributed by atoms with E-state index >= 15 is 0 Å². The zero-order chi connectivity index (χ0) is 16.2. The fraction of sp³-hybridized carbons (Fsp3) is 0.294. The number of rotatable bonds is 3. The molecule has 120 valence electrons. The van der Waals surface area contributed by atoms with E-state index in [4.69, 9.17) is 4.74 Å². The van der Waals surface area contributed by atoms with E-state index < -0.39 is 5.82 Å². The van der Waals surface area contributed by atoms with Crippen LogP contribution in [0, 0.1) is 5.82 Å². The second-order valence-corrected chi connectivity index (χ2v) is 5.33. The maximum atomic E-state index is 14.0. The van der Waals surface area contributed by atoms with E-state index in [-0.39, 0.29) is 11.5 Å². The number of amides is 1. The summed E-state index contributed by atoms with van der Waals surface area (Å²) in [6.07, 6.45) is 3.50. The number of carbonyl (C=O) groups excluding carboxylic acids is 1. The number of aromatic nitrogens is 1. The molecular formula is C17H18FN3O2. The third-order valence-electron chi connectivity index (χ3n) is 4.00. The number of carbonyl (C=O) groups is 1. The number of pyridine rings is 1. The van der Waals surface area contributed by atoms with Gasteiger partial charge in [0, 0.05) is 50.3 Å². The Morgan fingerprint density at radius 2 is 1.83 bits per heavy atom. The summed E-state index contributed by atoms with van der Waals surface area (Å²) in [6, 6.07) is 8.21. The number of piperazine rings is 1. The van der Waals surface area contributed by atoms with Crippen LogP contribution in [0.25, 0.3) is 0 Å². The van der Waals surface area contributed by atoms with Gasteiger partial charge in [-0.2, -0.15) is 0 Å². The maximum absolute atomic E-state index is 14.0. The van der Waals surface area contributed by atoms with Crippen molar-refractivity contribution >= 4 is 11.6 Å². The van der Waals surface area contributed by atoms with Crippen LogP contribution in [0.3, 0.4) is 0 Å². The lowest BCUT2D eigenvalue weighted by Crippen LogP contribution is -2.49. The zero-order valence-electron chi connectivity index (χ0n) is 12.9. The second kappa shape index (κ2) is 6.64. The number of ether oxygens (including phenoxy) is 1. The lowest BCUT2D eigenvalue weighted by molar-refractivity contribution is 0.0742. The van der Waals surface area contributed by atoms with Gasteiger partial charge in [-0.05, 0) is 24.3 Å². The largest absolute Gasteiger partial charge is 0.497 e. The highest BCUT2D eigenvalue weighted by atomic mass is 19.1. The summed E-state index contributed by atoms with van der Waals surface area (Å²) in [4.78, 5) is 20.4. The number of hydrogen-bond donors (Lipinski definition) is 0. The molecule has 1 aromatic carbocycles. The molecule has 0 aliphatic carbocycles. The van der Waals surface area contributed by atoms with E-state index in [0.717, 1.165) is 5.69 Å². The van der Waals surface area contributed by atoms with Gasteiger partial charge in [-0.1, -0.05) is 0 Å². The number of anilines is 1. The molecule has 3 rings (SSSR count). The third kappa shape index (κ3) is 3.26. The molecule has 1 fully saturated rings. The summed E-state index contributed by atoms with van der Waals surface area (Å²) in [5.74, 6) is -0.424. The molecule has 1 saturated heterocycles. The molecule has 1 amide bonds. The van der Waals surface area contributed by atoms with E-state index in [1.54, 1.807) is 23.4 Å². The molecule has 2 aromatic rings. The first-order chi connectivity index (χ1) is 11.2. The van der Waals surface area contributed by atoms with E-state index in [0.29, 0.717) is 31.9 Å². The van der Waals surface area contributed by atoms with Gasteiger partial charge < -0.3 is 14.5 Å². The van der Waals surface area contributed by atoms with E-state index in [2.05, 4.69) is 9.88 Å². The minimum Gasteiger partial charge on any atom is -0.497 e. The molecule has 6 heteroatoms. The summed E-state index contributed by atoms with van der Waals surface area (Å²) in [5.41, 5.74) is 1.17. The standard InChI is InChI=1S/C17H18FN3O2/c1-23-14-2-3-15(16(18)12-14)17(22)21-10-8-20(9-11-21)13-4-6-19-7-5-13/h2-7,12H,8-11H2,1H3. The van der Waals surface area contributed by atoms with Gasteiger partial charge in [0.1, 0.15) is 11.6 Å². The van der Waals surface area contributed by atoms with Crippen molar-refractivity contribution in [3.63, 3.8) is 0 Å². The maximum Gasteiger partial charge on any atom is 0.256 e. The summed E-state index contributed by atoms with van der Waals surface area (Å²) < 4.78 is 19.0. The Bertz CT molecular complexity index is 685. The van der Waals surface area contributed by atoms with Crippen molar-refractivity contribution in [1.82, 2.24) is 9.88 Å². The van der Waals surface area contributed by atoms with Gasteiger partial charge in [0.2, 0.25) is 0 Å². The Balaban J connectivity index is 1.66. The van der Waals surface area contributed by atoms with Crippen LogP contribution in [0.5, 0.6) is 5.75 Å². The summed E-state index contributed by atoms with van der Waals surface area (Å²) in [7, 11) is 1.47. The number of methoxy groups -OCH3 is 1. The Hall–Kier alpha value is -2.63. The number of halogens is 1. The van der Waals surface area contributed by atoms with Crippen molar-refractivity contribution in [1.29, 1.82) is 0 Å². The molecule has 1 aliphatic heterocycles. The first-order valence-electron chi connectivity index (χ1n) is 7.47. The van der Waals surface area contributed by atoms with Crippen LogP contribution in [0.1, 0.15) is 10.4 Å². The average molecular weight is 315 g/mol. The molecule has 0 N–H and O–H groups in total. The van der Waals surface area contributed by atoms with Gasteiger partial charge in [0.15, 0.2) is 0 Å². The van der Waals surface area contributed by atoms with Crippen molar-refractivity contribution in [3.8, 4) is 5.75 Å². The zero-order valence-corrected chi connectivity index (χ0v) is 12.9. The van der Waals surface area contributed by atoms with Gasteiger partial charge in [-0.15, -0.1) is 0 Å². The molecule has 0 unspecified atom stereocenters. The van der Waals surface area contributed by atoms with Crippen molar-refractivity contribution in [3.05, 3.63) is 54.1 Å². The summed E-state index contributed by atoms with van der Waals surface area (Å²) >= 11 is 0. The van der Waals surface area contributed by atoms with Crippen molar-refractivity contribution in [2.75, 3.05) is 38.2 Å². The Morgan fingerprint density at radius 3 is 2.43 bits per heavy atom. The molecule has 1 aromatic heterocycles. The van der Waals surface area contributed by atoms with E-state index in [1.165, 1.54) is 19.2 Å². The molecule has 1 aliphatic rings. The second-order valence-electron chi connectivity index (χ2n) is 5.33. The predicted molar refractivity (Wildman–Crippen MR) is 85.3 cm³/mol. The fourth-order valence-electron chi connectivity index (χ4n) is 2.69. The Morgan fingerprint density at radius 1 is 1.13 bits per heavy atom. The minimum atomic E-state index is -0.550. The van der Waals surface area contributed by atoms with Crippen LogP contribution in [0.15, 0.2) is 42.7 Å². The lowest BCUT2D eigenvalue weighted by atomic mass is 10.1. The molecule has 5 nitrogen and oxygen atoms in total. The van der Waals surface area contributed by atoms with E-state index in [9.17, 15) is 9.18 Å². The highest BCUT2D eigenvalue weighted by Gasteiger charge is 2.24. The minimum absolute atomic E-state index is 0.0863. The molecule has 0 saturated carbocycles. The SMILES string of the molecule is COc1ccc(C(=O)N2CCN(c3ccncc3)CC2)c(F)c1. The molecule has 0 radical (unpaired) electrons. The van der Waals surface area contributed by atoms with Crippen LogP contribution in [-0.4, -0.2) is 49.1 Å². The Labute approximate surface area is 134 Å². The number of hydrogen-bond acceptors (Lipinski definition) is 4.